The summed E-state index contributed by atoms with van der Waals surface area (Å²) < 4.78 is 0. The Labute approximate surface area is 191 Å². The van der Waals surface area contributed by atoms with E-state index in [1.807, 2.05) is 0 Å². The Hall–Kier alpha value is -3.48. The van der Waals surface area contributed by atoms with Crippen LogP contribution >= 0.6 is 0 Å². The number of carboxylic acid groups (broad SMARTS) is 1. The van der Waals surface area contributed by atoms with E-state index in [1.54, 1.807) is 13.8 Å². The molecule has 0 aliphatic heterocycles. The molecule has 13 nitrogen and oxygen atoms in total. The molecule has 0 bridgehead atoms. The molecule has 5 atom stereocenters. The average Bonchev–Trinajstić information content (AvgIpc) is 3.26. The van der Waals surface area contributed by atoms with Gasteiger partial charge in [0.15, 0.2) is 0 Å². The Bertz CT molecular complexity index is 829. The predicted molar refractivity (Wildman–Crippen MR) is 117 cm³/mol. The number of rotatable bonds is 14. The van der Waals surface area contributed by atoms with E-state index >= 15 is 0 Å². The summed E-state index contributed by atoms with van der Waals surface area (Å²) in [6, 6.07) is -4.40. The highest BCUT2D eigenvalue weighted by molar-refractivity contribution is 5.94. The van der Waals surface area contributed by atoms with E-state index in [0.717, 1.165) is 0 Å². The molecule has 0 aliphatic carbocycles. The van der Waals surface area contributed by atoms with Crippen molar-refractivity contribution in [3.63, 3.8) is 0 Å². The summed E-state index contributed by atoms with van der Waals surface area (Å²) in [7, 11) is 0. The molecule has 5 unspecified atom stereocenters. The fraction of sp³-hybridized carbons (Fsp3) is 0.600. The molecular weight excluding hydrogens is 434 g/mol. The maximum atomic E-state index is 12.7. The zero-order valence-corrected chi connectivity index (χ0v) is 19.0. The smallest absolute Gasteiger partial charge is 0.326 e. The number of hydrogen-bond acceptors (Lipinski definition) is 7. The normalized spacial score (nSPS) is 15.4. The van der Waals surface area contributed by atoms with Crippen molar-refractivity contribution in [3.8, 4) is 0 Å². The number of nitrogens with one attached hydrogen (secondary N) is 4. The lowest BCUT2D eigenvalue weighted by atomic mass is 9.98. The molecule has 0 saturated carbocycles. The second kappa shape index (κ2) is 13.2. The zero-order chi connectivity index (χ0) is 25.1. The van der Waals surface area contributed by atoms with Gasteiger partial charge in [-0.05, 0) is 19.3 Å². The van der Waals surface area contributed by atoms with Crippen LogP contribution in [0.25, 0.3) is 0 Å². The van der Waals surface area contributed by atoms with Gasteiger partial charge in [-0.3, -0.25) is 19.2 Å². The van der Waals surface area contributed by atoms with E-state index in [1.165, 1.54) is 19.4 Å². The number of carbonyl (C=O) groups is 5. The lowest BCUT2D eigenvalue weighted by molar-refractivity contribution is -0.144. The van der Waals surface area contributed by atoms with Gasteiger partial charge >= 0.3 is 5.97 Å². The molecule has 9 N–H and O–H groups in total. The minimum Gasteiger partial charge on any atom is -0.480 e. The molecule has 33 heavy (non-hydrogen) atoms. The Morgan fingerprint density at radius 3 is 2.27 bits per heavy atom. The van der Waals surface area contributed by atoms with Crippen molar-refractivity contribution in [1.29, 1.82) is 0 Å². The van der Waals surface area contributed by atoms with E-state index in [9.17, 15) is 29.1 Å². The second-order valence-corrected chi connectivity index (χ2v) is 7.89. The van der Waals surface area contributed by atoms with Gasteiger partial charge in [0.25, 0.3) is 0 Å². The standard InChI is InChI=1S/C20H33N7O6/c1-4-10(2)16(20(32)33)27-19(31)14(5-6-15(22)28)26-17(29)11(3)25-18(30)13(21)7-12-8-23-9-24-12/h8-11,13-14,16H,4-7,21H2,1-3H3,(H2,22,28)(H,23,24)(H,25,30)(H,26,29)(H,27,31)(H,32,33). The zero-order valence-electron chi connectivity index (χ0n) is 19.0. The molecule has 1 heterocycles. The minimum atomic E-state index is -1.23. The number of amides is 4. The number of aromatic nitrogens is 2. The number of carboxylic acids is 1. The summed E-state index contributed by atoms with van der Waals surface area (Å²) in [5, 5.41) is 16.7. The molecule has 0 aliphatic rings. The molecule has 13 heteroatoms. The van der Waals surface area contributed by atoms with Gasteiger partial charge in [-0.25, -0.2) is 9.78 Å². The number of primary amides is 1. The van der Waals surface area contributed by atoms with Gasteiger partial charge in [-0.15, -0.1) is 0 Å². The molecule has 1 aromatic rings. The monoisotopic (exact) mass is 467 g/mol. The van der Waals surface area contributed by atoms with Crippen LogP contribution in [0.1, 0.15) is 45.7 Å². The van der Waals surface area contributed by atoms with Crippen molar-refractivity contribution in [3.05, 3.63) is 18.2 Å². The number of aromatic amines is 1. The van der Waals surface area contributed by atoms with E-state index < -0.39 is 53.8 Å². The Morgan fingerprint density at radius 2 is 1.76 bits per heavy atom. The van der Waals surface area contributed by atoms with Crippen molar-refractivity contribution in [2.45, 2.75) is 70.6 Å². The Balaban J connectivity index is 2.79. The molecule has 0 spiro atoms. The summed E-state index contributed by atoms with van der Waals surface area (Å²) in [5.74, 6) is -4.35. The van der Waals surface area contributed by atoms with E-state index in [4.69, 9.17) is 11.5 Å². The first-order valence-electron chi connectivity index (χ1n) is 10.6. The van der Waals surface area contributed by atoms with Crippen molar-refractivity contribution in [2.75, 3.05) is 0 Å². The van der Waals surface area contributed by atoms with Gasteiger partial charge in [-0.2, -0.15) is 0 Å². The third kappa shape index (κ3) is 9.27. The third-order valence-electron chi connectivity index (χ3n) is 5.17. The van der Waals surface area contributed by atoms with Gasteiger partial charge in [0.1, 0.15) is 18.1 Å². The van der Waals surface area contributed by atoms with Gasteiger partial charge in [0.2, 0.25) is 23.6 Å². The molecule has 1 aromatic heterocycles. The summed E-state index contributed by atoms with van der Waals surface area (Å²) >= 11 is 0. The van der Waals surface area contributed by atoms with E-state index in [0.29, 0.717) is 12.1 Å². The fourth-order valence-corrected chi connectivity index (χ4v) is 2.90. The van der Waals surface area contributed by atoms with Crippen LogP contribution in [-0.2, 0) is 30.4 Å². The molecule has 184 valence electrons. The Kier molecular flexibility index (Phi) is 11.0. The second-order valence-electron chi connectivity index (χ2n) is 7.89. The molecular formula is C20H33N7O6. The number of carbonyl (C=O) groups excluding carboxylic acids is 4. The van der Waals surface area contributed by atoms with Crippen LogP contribution in [0.3, 0.4) is 0 Å². The van der Waals surface area contributed by atoms with Crippen LogP contribution in [0.15, 0.2) is 12.5 Å². The number of nitrogens with two attached hydrogens (primary N) is 2. The van der Waals surface area contributed by atoms with Crippen LogP contribution in [-0.4, -0.2) is 68.8 Å². The van der Waals surface area contributed by atoms with Crippen LogP contribution < -0.4 is 27.4 Å². The molecule has 4 amide bonds. The summed E-state index contributed by atoms with van der Waals surface area (Å²) in [5.41, 5.74) is 11.6. The number of aliphatic carboxylic acids is 1. The first-order valence-corrected chi connectivity index (χ1v) is 10.6. The highest BCUT2D eigenvalue weighted by Crippen LogP contribution is 2.09. The summed E-state index contributed by atoms with van der Waals surface area (Å²) in [4.78, 5) is 66.9. The van der Waals surface area contributed by atoms with Crippen LogP contribution in [0, 0.1) is 5.92 Å². The van der Waals surface area contributed by atoms with Crippen LogP contribution in [0.5, 0.6) is 0 Å². The van der Waals surface area contributed by atoms with Gasteiger partial charge < -0.3 is 37.5 Å². The average molecular weight is 468 g/mol. The fourth-order valence-electron chi connectivity index (χ4n) is 2.90. The minimum absolute atomic E-state index is 0.139. The highest BCUT2D eigenvalue weighted by atomic mass is 16.4. The topological polar surface area (TPSA) is 222 Å². The van der Waals surface area contributed by atoms with Gasteiger partial charge in [0, 0.05) is 24.7 Å². The highest BCUT2D eigenvalue weighted by Gasteiger charge is 2.31. The number of H-pyrrole nitrogens is 1. The van der Waals surface area contributed by atoms with Crippen LogP contribution in [0.4, 0.5) is 0 Å². The first kappa shape index (κ1) is 27.6. The summed E-state index contributed by atoms with van der Waals surface area (Å²) in [6.45, 7) is 4.85. The Morgan fingerprint density at radius 1 is 1.09 bits per heavy atom. The maximum absolute atomic E-state index is 12.7. The lowest BCUT2D eigenvalue weighted by Crippen LogP contribution is -2.57. The van der Waals surface area contributed by atoms with E-state index in [2.05, 4.69) is 25.9 Å². The molecule has 1 rings (SSSR count). The largest absolute Gasteiger partial charge is 0.480 e. The van der Waals surface area contributed by atoms with Crippen molar-refractivity contribution in [2.24, 2.45) is 17.4 Å². The lowest BCUT2D eigenvalue weighted by Gasteiger charge is -2.25. The molecule has 0 radical (unpaired) electrons. The SMILES string of the molecule is CCC(C)C(NC(=O)C(CCC(N)=O)NC(=O)C(C)NC(=O)C(N)Cc1cnc[nH]1)C(=O)O. The van der Waals surface area contributed by atoms with Crippen molar-refractivity contribution < 1.29 is 29.1 Å². The first-order chi connectivity index (χ1) is 15.5. The van der Waals surface area contributed by atoms with Crippen molar-refractivity contribution >= 4 is 29.6 Å². The molecule has 0 aromatic carbocycles. The molecule has 0 saturated heterocycles. The summed E-state index contributed by atoms with van der Waals surface area (Å²) in [6.07, 6.45) is 3.29. The van der Waals surface area contributed by atoms with E-state index in [-0.39, 0.29) is 25.2 Å². The maximum Gasteiger partial charge on any atom is 0.326 e. The van der Waals surface area contributed by atoms with Gasteiger partial charge in [0.05, 0.1) is 12.4 Å². The number of imidazole rings is 1. The number of nitrogens with zero attached hydrogens (tertiary/aromatic N) is 1. The molecule has 0 fully saturated rings. The van der Waals surface area contributed by atoms with Gasteiger partial charge in [-0.1, -0.05) is 20.3 Å². The third-order valence-corrected chi connectivity index (χ3v) is 5.17. The van der Waals surface area contributed by atoms with Crippen LogP contribution in [0.2, 0.25) is 0 Å². The predicted octanol–water partition coefficient (Wildman–Crippen LogP) is -1.85. The van der Waals surface area contributed by atoms with Crippen molar-refractivity contribution in [1.82, 2.24) is 25.9 Å². The number of hydrogen-bond donors (Lipinski definition) is 7. The quantitative estimate of drug-likeness (QED) is 0.164.